The van der Waals surface area contributed by atoms with E-state index < -0.39 is 28.7 Å². The van der Waals surface area contributed by atoms with Gasteiger partial charge in [0.25, 0.3) is 5.91 Å². The normalized spacial score (nSPS) is 26.1. The van der Waals surface area contributed by atoms with E-state index in [1.807, 2.05) is 72.8 Å². The molecule has 0 saturated carbocycles. The third kappa shape index (κ3) is 5.88. The molecule has 7 atom stereocenters. The fourth-order valence-corrected chi connectivity index (χ4v) is 11.3. The highest BCUT2D eigenvalue weighted by atomic mass is 79.9. The number of halogens is 1. The van der Waals surface area contributed by atoms with Gasteiger partial charge >= 0.3 is 0 Å². The first-order valence-electron chi connectivity index (χ1n) is 16.1. The summed E-state index contributed by atoms with van der Waals surface area (Å²) in [5.74, 6) is -1.50. The lowest BCUT2D eigenvalue weighted by molar-refractivity contribution is -0.141. The van der Waals surface area contributed by atoms with Crippen LogP contribution >= 0.6 is 27.7 Å². The smallest absolute Gasteiger partial charge is 0.251 e. The van der Waals surface area contributed by atoms with E-state index in [1.165, 1.54) is 0 Å². The van der Waals surface area contributed by atoms with Gasteiger partial charge in [-0.2, -0.15) is 0 Å². The van der Waals surface area contributed by atoms with Crippen LogP contribution < -0.4 is 14.5 Å². The Bertz CT molecular complexity index is 1660. The number of thioether (sulfide) groups is 1. The number of aliphatic hydroxyl groups is 1. The van der Waals surface area contributed by atoms with Gasteiger partial charge in [-0.1, -0.05) is 76.6 Å². The van der Waals surface area contributed by atoms with E-state index in [-0.39, 0.29) is 47.5 Å². The highest BCUT2D eigenvalue weighted by Crippen LogP contribution is 2.68. The molecule has 3 amide bonds. The number of hydrogen-bond acceptors (Lipinski definition) is 6. The summed E-state index contributed by atoms with van der Waals surface area (Å²) in [5, 5.41) is 10.7. The zero-order valence-corrected chi connectivity index (χ0v) is 29.3. The van der Waals surface area contributed by atoms with Gasteiger partial charge < -0.3 is 24.5 Å². The topological polar surface area (TPSA) is 90.4 Å². The Balaban J connectivity index is 1.47. The lowest BCUT2D eigenvalue weighted by atomic mass is 9.70. The number of benzene rings is 3. The Morgan fingerprint density at radius 2 is 1.56 bits per heavy atom. The molecule has 6 rings (SSSR count). The quantitative estimate of drug-likeness (QED) is 0.185. The number of nitrogens with zero attached hydrogens (tertiary/aromatic N) is 3. The molecule has 8 nitrogen and oxygen atoms in total. The molecule has 48 heavy (non-hydrogen) atoms. The molecule has 3 heterocycles. The van der Waals surface area contributed by atoms with Crippen molar-refractivity contribution in [3.63, 3.8) is 0 Å². The average molecular weight is 731 g/mol. The zero-order valence-electron chi connectivity index (χ0n) is 26.9. The third-order valence-electron chi connectivity index (χ3n) is 9.77. The molecule has 0 aliphatic carbocycles. The van der Waals surface area contributed by atoms with Gasteiger partial charge in [0.05, 0.1) is 36.3 Å². The third-order valence-corrected chi connectivity index (χ3v) is 13.0. The minimum absolute atomic E-state index is 0.104. The van der Waals surface area contributed by atoms with E-state index >= 15 is 9.59 Å². The molecule has 0 radical (unpaired) electrons. The number of methoxy groups -OCH3 is 1. The second kappa shape index (κ2) is 14.3. The van der Waals surface area contributed by atoms with E-state index in [0.29, 0.717) is 24.3 Å². The van der Waals surface area contributed by atoms with Crippen molar-refractivity contribution in [3.8, 4) is 5.75 Å². The fourth-order valence-electron chi connectivity index (χ4n) is 7.76. The zero-order chi connectivity index (χ0) is 34.0. The fraction of sp³-hybridized carbons (Fsp3) is 0.342. The van der Waals surface area contributed by atoms with Crippen LogP contribution in [0, 0.1) is 11.8 Å². The minimum atomic E-state index is -0.935. The summed E-state index contributed by atoms with van der Waals surface area (Å²) in [6.07, 6.45) is 4.23. The number of rotatable bonds is 13. The highest BCUT2D eigenvalue weighted by Gasteiger charge is 2.76. The molecular formula is C38H40BrN3O5S. The molecular weight excluding hydrogens is 690 g/mol. The number of anilines is 2. The van der Waals surface area contributed by atoms with Gasteiger partial charge in [-0.3, -0.25) is 14.4 Å². The van der Waals surface area contributed by atoms with Gasteiger partial charge in [-0.25, -0.2) is 0 Å². The van der Waals surface area contributed by atoms with Gasteiger partial charge in [0.2, 0.25) is 11.8 Å². The predicted molar refractivity (Wildman–Crippen MR) is 195 cm³/mol. The minimum Gasteiger partial charge on any atom is -0.497 e. The highest BCUT2D eigenvalue weighted by molar-refractivity contribution is 9.09. The number of carbonyl (C=O) groups is 3. The van der Waals surface area contributed by atoms with Crippen molar-refractivity contribution >= 4 is 56.8 Å². The van der Waals surface area contributed by atoms with E-state index in [2.05, 4.69) is 29.1 Å². The maximum atomic E-state index is 15.1. The maximum Gasteiger partial charge on any atom is 0.251 e. The second-order valence-electron chi connectivity index (χ2n) is 12.4. The van der Waals surface area contributed by atoms with E-state index in [0.717, 1.165) is 11.3 Å². The molecule has 250 valence electrons. The van der Waals surface area contributed by atoms with Crippen molar-refractivity contribution in [3.05, 3.63) is 116 Å². The number of fused-ring (bicyclic) bond motifs is 1. The van der Waals surface area contributed by atoms with Crippen molar-refractivity contribution in [2.75, 3.05) is 36.6 Å². The largest absolute Gasteiger partial charge is 0.497 e. The van der Waals surface area contributed by atoms with Gasteiger partial charge in [-0.05, 0) is 54.8 Å². The van der Waals surface area contributed by atoms with Crippen molar-refractivity contribution < 1.29 is 24.2 Å². The summed E-state index contributed by atoms with van der Waals surface area (Å²) in [5.41, 5.74) is 2.30. The lowest BCUT2D eigenvalue weighted by Crippen LogP contribution is -2.58. The molecule has 3 saturated heterocycles. The van der Waals surface area contributed by atoms with Crippen LogP contribution in [0.3, 0.4) is 0 Å². The number of aliphatic hydroxyl groups excluding tert-OH is 1. The van der Waals surface area contributed by atoms with Crippen LogP contribution in [0.5, 0.6) is 5.75 Å². The van der Waals surface area contributed by atoms with Crippen molar-refractivity contribution in [2.24, 2.45) is 11.8 Å². The summed E-state index contributed by atoms with van der Waals surface area (Å²) in [4.78, 5) is 49.7. The molecule has 0 aromatic heterocycles. The number of carbonyl (C=O) groups excluding carboxylic acids is 3. The predicted octanol–water partition coefficient (Wildman–Crippen LogP) is 5.50. The van der Waals surface area contributed by atoms with Crippen LogP contribution in [-0.4, -0.2) is 81.4 Å². The number of likely N-dealkylation sites (tertiary alicyclic amines) is 1. The lowest BCUT2D eigenvalue weighted by Gasteiger charge is -2.40. The van der Waals surface area contributed by atoms with Crippen LogP contribution in [0.2, 0.25) is 0 Å². The molecule has 3 fully saturated rings. The Kier molecular flexibility index (Phi) is 10.1. The molecule has 3 aliphatic rings. The van der Waals surface area contributed by atoms with Crippen LogP contribution in [0.1, 0.15) is 12.0 Å². The standard InChI is InChI=1S/C38H40BrN3O5S/c1-4-20-40(26-14-10-7-11-15-26)35(44)31-32-36(45)42(28(24-43)22-25-12-8-6-9-13-25)34(38(32)23-30(39)33(31)48-38)37(46)41(21-5-2)27-16-18-29(47-3)19-17-27/h4-19,28,30-34,43H,1-2,20-24H2,3H3/t28-,30?,31+,32+,33+,34?,38?/m1/s1. The maximum absolute atomic E-state index is 15.1. The summed E-state index contributed by atoms with van der Waals surface area (Å²) in [7, 11) is 1.58. The van der Waals surface area contributed by atoms with Crippen LogP contribution in [-0.2, 0) is 20.8 Å². The van der Waals surface area contributed by atoms with Gasteiger partial charge in [-0.15, -0.1) is 24.9 Å². The SMILES string of the molecule is C=CCN(C(=O)C1N([C@@H](CO)Cc2ccccc2)C(=O)[C@@H]2[C@H](C(=O)N(CC=C)c3ccccc3)[C@H]3SC12CC3Br)c1ccc(OC)cc1. The molecule has 10 heteroatoms. The Morgan fingerprint density at radius 1 is 0.979 bits per heavy atom. The Morgan fingerprint density at radius 3 is 2.15 bits per heavy atom. The summed E-state index contributed by atoms with van der Waals surface area (Å²) in [6.45, 7) is 7.97. The van der Waals surface area contributed by atoms with Gasteiger partial charge in [0.15, 0.2) is 0 Å². The second-order valence-corrected chi connectivity index (χ2v) is 15.2. The molecule has 2 bridgehead atoms. The van der Waals surface area contributed by atoms with E-state index in [9.17, 15) is 9.90 Å². The van der Waals surface area contributed by atoms with Crippen molar-refractivity contribution in [2.45, 2.75) is 39.7 Å². The molecule has 1 spiro atoms. The first-order valence-corrected chi connectivity index (χ1v) is 17.9. The molecule has 3 aliphatic heterocycles. The molecule has 3 aromatic carbocycles. The van der Waals surface area contributed by atoms with E-state index in [1.54, 1.807) is 57.9 Å². The first-order chi connectivity index (χ1) is 23.3. The summed E-state index contributed by atoms with van der Waals surface area (Å²) in [6, 6.07) is 24.7. The monoisotopic (exact) mass is 729 g/mol. The van der Waals surface area contributed by atoms with Crippen LogP contribution in [0.4, 0.5) is 11.4 Å². The van der Waals surface area contributed by atoms with Crippen LogP contribution in [0.25, 0.3) is 0 Å². The Labute approximate surface area is 294 Å². The average Bonchev–Trinajstić information content (AvgIpc) is 3.72. The molecule has 3 aromatic rings. The number of para-hydroxylation sites is 1. The van der Waals surface area contributed by atoms with Crippen molar-refractivity contribution in [1.29, 1.82) is 0 Å². The number of alkyl halides is 1. The van der Waals surface area contributed by atoms with Crippen LogP contribution in [0.15, 0.2) is 110 Å². The Hall–Kier alpha value is -3.86. The van der Waals surface area contributed by atoms with E-state index in [4.69, 9.17) is 4.74 Å². The van der Waals surface area contributed by atoms with Crippen molar-refractivity contribution in [1.82, 2.24) is 4.90 Å². The summed E-state index contributed by atoms with van der Waals surface area (Å²) < 4.78 is 4.46. The van der Waals surface area contributed by atoms with Gasteiger partial charge in [0.1, 0.15) is 11.8 Å². The number of ether oxygens (including phenoxy) is 1. The summed E-state index contributed by atoms with van der Waals surface area (Å²) >= 11 is 5.47. The number of hydrogen-bond donors (Lipinski definition) is 1. The first kappa shape index (κ1) is 34.0. The molecule has 3 unspecified atom stereocenters. The molecule has 1 N–H and O–H groups in total. The number of amides is 3. The van der Waals surface area contributed by atoms with Gasteiger partial charge in [0, 0.05) is 34.5 Å².